The van der Waals surface area contributed by atoms with E-state index in [0.29, 0.717) is 5.78 Å². The van der Waals surface area contributed by atoms with Gasteiger partial charge >= 0.3 is 0 Å². The van der Waals surface area contributed by atoms with Gasteiger partial charge < -0.3 is 0 Å². The number of Topliss-reactive ketones (excluding diaryl/α,β-unsaturated/α-hetero) is 1. The molecule has 1 unspecified atom stereocenters. The summed E-state index contributed by atoms with van der Waals surface area (Å²) in [5, 5.41) is 0. The summed E-state index contributed by atoms with van der Waals surface area (Å²) < 4.78 is 0. The van der Waals surface area contributed by atoms with Gasteiger partial charge in [0.25, 0.3) is 0 Å². The molecule has 3 rings (SSSR count). The molecule has 1 nitrogen and oxygen atoms in total. The van der Waals surface area contributed by atoms with E-state index in [9.17, 15) is 4.79 Å². The van der Waals surface area contributed by atoms with E-state index in [2.05, 4.69) is 30.3 Å². The molecule has 1 fully saturated rings. The van der Waals surface area contributed by atoms with Crippen LogP contribution in [0.2, 0.25) is 0 Å². The monoisotopic (exact) mass is 212 g/mol. The zero-order valence-corrected chi connectivity index (χ0v) is 9.41. The second kappa shape index (κ2) is 3.58. The summed E-state index contributed by atoms with van der Waals surface area (Å²) in [6.45, 7) is 0. The average molecular weight is 212 g/mol. The summed E-state index contributed by atoms with van der Waals surface area (Å²) >= 11 is 0. The summed E-state index contributed by atoms with van der Waals surface area (Å²) in [6, 6.07) is 10.4. The maximum absolute atomic E-state index is 12.1. The van der Waals surface area contributed by atoms with Gasteiger partial charge in [0.05, 0.1) is 5.41 Å². The lowest BCUT2D eigenvalue weighted by Crippen LogP contribution is -2.24. The van der Waals surface area contributed by atoms with Crippen molar-refractivity contribution in [2.45, 2.75) is 32.1 Å². The minimum absolute atomic E-state index is 0.110. The molecule has 16 heavy (non-hydrogen) atoms. The van der Waals surface area contributed by atoms with E-state index in [0.717, 1.165) is 32.1 Å². The Morgan fingerprint density at radius 1 is 1.06 bits per heavy atom. The van der Waals surface area contributed by atoms with Crippen LogP contribution in [0.1, 0.15) is 37.7 Å². The first-order chi connectivity index (χ1) is 7.83. The molecular weight excluding hydrogens is 196 g/mol. The van der Waals surface area contributed by atoms with Gasteiger partial charge in [-0.3, -0.25) is 4.79 Å². The standard InChI is InChI=1S/C15H16O/c16-14-9-5-11-15(14)10-4-8-13(15)12-6-2-1-3-7-12/h1-3,6-8H,4-5,9-11H2. The molecule has 2 aliphatic carbocycles. The summed E-state index contributed by atoms with van der Waals surface area (Å²) in [5.74, 6) is 0.472. The lowest BCUT2D eigenvalue weighted by Gasteiger charge is -2.25. The van der Waals surface area contributed by atoms with Crippen LogP contribution >= 0.6 is 0 Å². The molecule has 0 heterocycles. The Hall–Kier alpha value is -1.37. The van der Waals surface area contributed by atoms with Crippen molar-refractivity contribution in [3.8, 4) is 0 Å². The molecule has 82 valence electrons. The molecule has 1 heteroatoms. The molecule has 0 amide bonds. The Morgan fingerprint density at radius 2 is 1.88 bits per heavy atom. The second-order valence-corrected chi connectivity index (χ2v) is 4.88. The van der Waals surface area contributed by atoms with Crippen LogP contribution < -0.4 is 0 Å². The van der Waals surface area contributed by atoms with Gasteiger partial charge in [-0.15, -0.1) is 0 Å². The highest BCUT2D eigenvalue weighted by molar-refractivity contribution is 6.00. The van der Waals surface area contributed by atoms with Crippen LogP contribution in [0.25, 0.3) is 5.57 Å². The summed E-state index contributed by atoms with van der Waals surface area (Å²) in [6.07, 6.45) is 7.30. The van der Waals surface area contributed by atoms with E-state index in [1.807, 2.05) is 6.07 Å². The van der Waals surface area contributed by atoms with Crippen molar-refractivity contribution in [3.63, 3.8) is 0 Å². The number of rotatable bonds is 1. The fourth-order valence-corrected chi connectivity index (χ4v) is 3.28. The highest BCUT2D eigenvalue weighted by Crippen LogP contribution is 2.52. The largest absolute Gasteiger partial charge is 0.299 e. The van der Waals surface area contributed by atoms with Crippen LogP contribution in [-0.4, -0.2) is 5.78 Å². The molecule has 1 atom stereocenters. The molecule has 1 spiro atoms. The van der Waals surface area contributed by atoms with E-state index < -0.39 is 0 Å². The maximum Gasteiger partial charge on any atom is 0.143 e. The van der Waals surface area contributed by atoms with Crippen LogP contribution in [0.3, 0.4) is 0 Å². The summed E-state index contributed by atoms with van der Waals surface area (Å²) in [4.78, 5) is 12.1. The third-order valence-corrected chi connectivity index (χ3v) is 4.06. The summed E-state index contributed by atoms with van der Waals surface area (Å²) in [5.41, 5.74) is 2.44. The number of hydrogen-bond acceptors (Lipinski definition) is 1. The predicted molar refractivity (Wildman–Crippen MR) is 64.9 cm³/mol. The van der Waals surface area contributed by atoms with Crippen molar-refractivity contribution in [3.05, 3.63) is 42.0 Å². The van der Waals surface area contributed by atoms with Crippen molar-refractivity contribution >= 4 is 11.4 Å². The first-order valence-electron chi connectivity index (χ1n) is 6.12. The number of carbonyl (C=O) groups excluding carboxylic acids is 1. The molecular formula is C15H16O. The minimum atomic E-state index is -0.110. The van der Waals surface area contributed by atoms with Gasteiger partial charge in [-0.25, -0.2) is 0 Å². The van der Waals surface area contributed by atoms with Gasteiger partial charge in [-0.05, 0) is 36.8 Å². The van der Waals surface area contributed by atoms with Gasteiger partial charge in [-0.1, -0.05) is 36.4 Å². The molecule has 1 aromatic carbocycles. The highest BCUT2D eigenvalue weighted by Gasteiger charge is 2.46. The average Bonchev–Trinajstić information content (AvgIpc) is 2.90. The molecule has 0 N–H and O–H groups in total. The van der Waals surface area contributed by atoms with E-state index in [1.165, 1.54) is 11.1 Å². The van der Waals surface area contributed by atoms with Crippen molar-refractivity contribution in [2.24, 2.45) is 5.41 Å². The Labute approximate surface area is 96.2 Å². The maximum atomic E-state index is 12.1. The van der Waals surface area contributed by atoms with Crippen LogP contribution in [0, 0.1) is 5.41 Å². The van der Waals surface area contributed by atoms with Gasteiger partial charge in [0.1, 0.15) is 5.78 Å². The smallest absolute Gasteiger partial charge is 0.143 e. The normalized spacial score (nSPS) is 28.8. The lowest BCUT2D eigenvalue weighted by molar-refractivity contribution is -0.123. The summed E-state index contributed by atoms with van der Waals surface area (Å²) in [7, 11) is 0. The van der Waals surface area contributed by atoms with Gasteiger partial charge in [0, 0.05) is 6.42 Å². The van der Waals surface area contributed by atoms with Crippen molar-refractivity contribution in [1.82, 2.24) is 0 Å². The fraction of sp³-hybridized carbons (Fsp3) is 0.400. The molecule has 0 saturated heterocycles. The number of carbonyl (C=O) groups is 1. The zero-order valence-electron chi connectivity index (χ0n) is 9.41. The van der Waals surface area contributed by atoms with Gasteiger partial charge in [0.15, 0.2) is 0 Å². The topological polar surface area (TPSA) is 17.1 Å². The van der Waals surface area contributed by atoms with E-state index in [4.69, 9.17) is 0 Å². The van der Waals surface area contributed by atoms with Crippen molar-refractivity contribution < 1.29 is 4.79 Å². The quantitative estimate of drug-likeness (QED) is 0.695. The third-order valence-electron chi connectivity index (χ3n) is 4.06. The first-order valence-corrected chi connectivity index (χ1v) is 6.12. The minimum Gasteiger partial charge on any atom is -0.299 e. The number of allylic oxidation sites excluding steroid dienone is 2. The predicted octanol–water partition coefficient (Wildman–Crippen LogP) is 3.60. The number of benzene rings is 1. The molecule has 1 aromatic rings. The fourth-order valence-electron chi connectivity index (χ4n) is 3.28. The van der Waals surface area contributed by atoms with E-state index >= 15 is 0 Å². The van der Waals surface area contributed by atoms with E-state index in [1.54, 1.807) is 0 Å². The molecule has 1 saturated carbocycles. The highest BCUT2D eigenvalue weighted by atomic mass is 16.1. The van der Waals surface area contributed by atoms with Crippen molar-refractivity contribution in [2.75, 3.05) is 0 Å². The second-order valence-electron chi connectivity index (χ2n) is 4.88. The van der Waals surface area contributed by atoms with Crippen LogP contribution in [0.4, 0.5) is 0 Å². The Morgan fingerprint density at radius 3 is 2.56 bits per heavy atom. The number of hydrogen-bond donors (Lipinski definition) is 0. The molecule has 0 radical (unpaired) electrons. The van der Waals surface area contributed by atoms with Crippen molar-refractivity contribution in [1.29, 1.82) is 0 Å². The van der Waals surface area contributed by atoms with Gasteiger partial charge in [-0.2, -0.15) is 0 Å². The van der Waals surface area contributed by atoms with Crippen LogP contribution in [-0.2, 0) is 4.79 Å². The van der Waals surface area contributed by atoms with Gasteiger partial charge in [0.2, 0.25) is 0 Å². The molecule has 0 aliphatic heterocycles. The SMILES string of the molecule is O=C1CCCC12CCC=C2c1ccccc1. The molecule has 2 aliphatic rings. The van der Waals surface area contributed by atoms with Crippen LogP contribution in [0.15, 0.2) is 36.4 Å². The molecule has 0 bridgehead atoms. The Balaban J connectivity index is 2.05. The Bertz CT molecular complexity index is 444. The number of ketones is 1. The van der Waals surface area contributed by atoms with Crippen LogP contribution in [0.5, 0.6) is 0 Å². The Kier molecular flexibility index (Phi) is 2.20. The zero-order chi connectivity index (χ0) is 11.0. The lowest BCUT2D eigenvalue weighted by atomic mass is 9.76. The third kappa shape index (κ3) is 1.27. The van der Waals surface area contributed by atoms with E-state index in [-0.39, 0.29) is 5.41 Å². The molecule has 0 aromatic heterocycles. The first kappa shape index (κ1) is 9.83.